The van der Waals surface area contributed by atoms with Crippen molar-refractivity contribution in [2.75, 3.05) is 13.2 Å². The summed E-state index contributed by atoms with van der Waals surface area (Å²) in [7, 11) is 0. The molecule has 0 aliphatic heterocycles. The van der Waals surface area contributed by atoms with Gasteiger partial charge in [-0.15, -0.1) is 0 Å². The fourth-order valence-corrected chi connectivity index (χ4v) is 13.1. The molecule has 0 aromatic heterocycles. The quantitative estimate of drug-likeness (QED) is 0.0428. The van der Waals surface area contributed by atoms with Crippen molar-refractivity contribution in [3.8, 4) is 22.3 Å². The zero-order valence-electron chi connectivity index (χ0n) is 53.7. The summed E-state index contributed by atoms with van der Waals surface area (Å²) < 4.78 is 10.8. The van der Waals surface area contributed by atoms with Gasteiger partial charge in [0.25, 0.3) is 0 Å². The van der Waals surface area contributed by atoms with Crippen molar-refractivity contribution < 1.29 is 58.7 Å². The average Bonchev–Trinajstić information content (AvgIpc) is 1.43. The number of Topliss-reactive ketones (excluding diaryl/α,β-unsaturated/α-hetero) is 2. The molecule has 0 bridgehead atoms. The minimum atomic E-state index is -0.897. The molecule has 2 N–H and O–H groups in total. The van der Waals surface area contributed by atoms with Crippen molar-refractivity contribution in [2.45, 2.75) is 165 Å². The van der Waals surface area contributed by atoms with Crippen LogP contribution in [0.3, 0.4) is 0 Å². The Morgan fingerprint density at radius 3 is 1.78 bits per heavy atom. The highest BCUT2D eigenvalue weighted by Crippen LogP contribution is 2.53. The van der Waals surface area contributed by atoms with E-state index < -0.39 is 11.9 Å². The number of esters is 2. The van der Waals surface area contributed by atoms with Crippen LogP contribution in [0.25, 0.3) is 33.4 Å². The highest BCUT2D eigenvalue weighted by molar-refractivity contribution is 6.41. The number of aryl methyl sites for hydroxylation is 4. The fraction of sp³-hybridized carbons (Fsp3) is 0.359. The van der Waals surface area contributed by atoms with Gasteiger partial charge in [0.15, 0.2) is 11.6 Å². The summed E-state index contributed by atoms with van der Waals surface area (Å²) in [6.45, 7) is 21.2. The highest BCUT2D eigenvalue weighted by Gasteiger charge is 2.40. The molecule has 12 nitrogen and oxygen atoms in total. The Kier molecular flexibility index (Phi) is 20.6. The smallest absolute Gasteiger partial charge is 0.306 e. The Labute approximate surface area is 529 Å². The maximum absolute atomic E-state index is 14.2. The molecule has 0 saturated heterocycles. The van der Waals surface area contributed by atoms with Crippen molar-refractivity contribution in [3.05, 3.63) is 220 Å². The summed E-state index contributed by atoms with van der Waals surface area (Å²) in [6, 6.07) is 17.9. The number of allylic oxidation sites excluding steroid dienone is 22. The largest absolute Gasteiger partial charge is 0.871 e. The van der Waals surface area contributed by atoms with Crippen LogP contribution in [0, 0.1) is 19.8 Å². The van der Waals surface area contributed by atoms with E-state index in [1.165, 1.54) is 5.57 Å². The van der Waals surface area contributed by atoms with E-state index in [0.29, 0.717) is 79.9 Å². The van der Waals surface area contributed by atoms with Crippen LogP contribution < -0.4 is 10.2 Å². The predicted molar refractivity (Wildman–Crippen MR) is 349 cm³/mol. The van der Waals surface area contributed by atoms with Gasteiger partial charge in [0, 0.05) is 48.0 Å². The third kappa shape index (κ3) is 13.5. The normalized spacial score (nSPS) is 18.0. The van der Waals surface area contributed by atoms with Crippen molar-refractivity contribution in [2.24, 2.45) is 5.92 Å². The SMILES string of the molecule is CCCCOC(=O)CCc1ccc(C(C)C)cc2c(C)cc(C3=C([O-])C(=C4C=C(C)C5=C4C(CCC(=O)O)=CC=C(C(C)C)C5)C3=O)c1-2.CCCCOC(=O)CCc1ccccc2cc(C)c(C3=C([O-])C(=C4C(C)=CC5=C4C(CCC(=O)O)=CC=CC5)C3=O)c1-2. The zero-order valence-corrected chi connectivity index (χ0v) is 53.7. The Morgan fingerprint density at radius 2 is 1.18 bits per heavy atom. The van der Waals surface area contributed by atoms with Gasteiger partial charge in [-0.25, -0.2) is 0 Å². The number of unbranched alkanes of at least 4 members (excludes halogenated alkanes) is 2. The van der Waals surface area contributed by atoms with E-state index >= 15 is 0 Å². The van der Waals surface area contributed by atoms with Gasteiger partial charge in [-0.05, 0) is 208 Å². The summed E-state index contributed by atoms with van der Waals surface area (Å²) >= 11 is 0. The van der Waals surface area contributed by atoms with Gasteiger partial charge in [-0.3, -0.25) is 28.8 Å². The molecule has 12 heteroatoms. The van der Waals surface area contributed by atoms with Gasteiger partial charge in [0.2, 0.25) is 0 Å². The summed E-state index contributed by atoms with van der Waals surface area (Å²) in [5.41, 5.74) is 19.8. The maximum Gasteiger partial charge on any atom is 0.306 e. The first-order valence-corrected chi connectivity index (χ1v) is 31.9. The second-order valence-corrected chi connectivity index (χ2v) is 25.0. The van der Waals surface area contributed by atoms with Crippen LogP contribution in [0.4, 0.5) is 0 Å². The van der Waals surface area contributed by atoms with Crippen LogP contribution in [0.15, 0.2) is 181 Å². The molecule has 0 heterocycles. The summed E-state index contributed by atoms with van der Waals surface area (Å²) in [6.07, 6.45) is 20.4. The molecule has 0 aromatic rings. The lowest BCUT2D eigenvalue weighted by atomic mass is 9.75. The first-order chi connectivity index (χ1) is 43.1. The Balaban J connectivity index is 0.000000215. The molecule has 0 amide bonds. The van der Waals surface area contributed by atoms with Crippen LogP contribution in [0.5, 0.6) is 0 Å². The van der Waals surface area contributed by atoms with Gasteiger partial charge in [0.1, 0.15) is 0 Å². The van der Waals surface area contributed by atoms with E-state index in [-0.39, 0.29) is 88.9 Å². The lowest BCUT2D eigenvalue weighted by molar-refractivity contribution is -0.298. The number of rotatable bonds is 22. The number of carboxylic acids is 2. The van der Waals surface area contributed by atoms with Gasteiger partial charge in [-0.2, -0.15) is 0 Å². The standard InChI is InChI=1S/C42H48O6.C36H36O6/c1-8-9-18-48-36(45)17-15-28-11-13-30(24(4)5)22-32-26(7)20-34(38(28)32)40-41(46)39(42(40)47)33-19-25(6)31-21-29(23(2)3)12-10-27(37(31)33)14-16-35(43)44;1-4-5-18-42-28(39)17-15-24-11-7-9-13-26-20-22(3)30(32(24)26)34-35(40)33(36(34)41)29-21(2)19-25-12-8-6-10-23(31(25)29)14-16-27(37)38/h10-13,19-20,22-24,46H,8-9,14-18,21H2,1-7H3,(H,43,44);6-11,13,19-20,40H,4-5,12,14-18H2,1-3H3,(H,37,38)/p-2. The molecule has 0 spiro atoms. The molecular formula is C78H82O12-2. The van der Waals surface area contributed by atoms with Crippen LogP contribution in [-0.4, -0.2) is 58.9 Å². The number of hydrogen-bond acceptors (Lipinski definition) is 10. The monoisotopic (exact) mass is 1210 g/mol. The van der Waals surface area contributed by atoms with Crippen LogP contribution in [0.1, 0.15) is 177 Å². The van der Waals surface area contributed by atoms with Crippen molar-refractivity contribution >= 4 is 46.6 Å². The Bertz CT molecular complexity index is 3990. The first kappa shape index (κ1) is 65.5. The third-order valence-electron chi connectivity index (χ3n) is 18.0. The number of aliphatic carboxylic acids is 2. The second-order valence-electron chi connectivity index (χ2n) is 25.0. The number of ketones is 2. The Hall–Kier alpha value is -8.90. The Morgan fingerprint density at radius 1 is 0.567 bits per heavy atom. The molecule has 10 aliphatic carbocycles. The van der Waals surface area contributed by atoms with Gasteiger partial charge < -0.3 is 29.9 Å². The highest BCUT2D eigenvalue weighted by atomic mass is 16.5. The topological polar surface area (TPSA) is 207 Å². The molecule has 0 atom stereocenters. The third-order valence-corrected chi connectivity index (χ3v) is 18.0. The van der Waals surface area contributed by atoms with Crippen LogP contribution in [0.2, 0.25) is 0 Å². The molecule has 0 unspecified atom stereocenters. The average molecular weight is 1210 g/mol. The van der Waals surface area contributed by atoms with Gasteiger partial charge in [-0.1, -0.05) is 169 Å². The van der Waals surface area contributed by atoms with E-state index in [9.17, 15) is 49.2 Å². The fourth-order valence-electron chi connectivity index (χ4n) is 13.1. The van der Waals surface area contributed by atoms with E-state index in [2.05, 4.69) is 45.9 Å². The van der Waals surface area contributed by atoms with Gasteiger partial charge in [0.05, 0.1) is 13.2 Å². The molecule has 90 heavy (non-hydrogen) atoms. The molecule has 0 radical (unpaired) electrons. The minimum absolute atomic E-state index is 0.0397. The lowest BCUT2D eigenvalue weighted by Gasteiger charge is -2.34. The number of carbonyl (C=O) groups is 6. The van der Waals surface area contributed by atoms with Crippen molar-refractivity contribution in [1.29, 1.82) is 0 Å². The summed E-state index contributed by atoms with van der Waals surface area (Å²) in [5.74, 6) is -2.93. The molecule has 0 aromatic carbocycles. The first-order valence-electron chi connectivity index (χ1n) is 31.9. The molecule has 0 fully saturated rings. The number of hydrogen-bond donors (Lipinski definition) is 2. The van der Waals surface area contributed by atoms with Crippen molar-refractivity contribution in [1.82, 2.24) is 0 Å². The molecule has 0 saturated carbocycles. The number of carbonyl (C=O) groups excluding carboxylic acids is 4. The number of ether oxygens (including phenoxy) is 2. The van der Waals surface area contributed by atoms with Crippen molar-refractivity contribution in [3.63, 3.8) is 0 Å². The summed E-state index contributed by atoms with van der Waals surface area (Å²) in [5, 5.41) is 47.0. The number of carboxylic acid groups (broad SMARTS) is 2. The van der Waals surface area contributed by atoms with Crippen LogP contribution >= 0.6 is 0 Å². The molecule has 10 aliphatic rings. The minimum Gasteiger partial charge on any atom is -0.871 e. The summed E-state index contributed by atoms with van der Waals surface area (Å²) in [4.78, 5) is 76.1. The van der Waals surface area contributed by atoms with Crippen LogP contribution in [-0.2, 0) is 51.1 Å². The van der Waals surface area contributed by atoms with E-state index in [0.717, 1.165) is 120 Å². The van der Waals surface area contributed by atoms with E-state index in [1.54, 1.807) is 0 Å². The molecular weight excluding hydrogens is 1130 g/mol. The van der Waals surface area contributed by atoms with E-state index in [4.69, 9.17) is 9.47 Å². The number of fused-ring (bicyclic) bond motifs is 2. The molecule has 10 rings (SSSR count). The van der Waals surface area contributed by atoms with E-state index in [1.807, 2.05) is 120 Å². The van der Waals surface area contributed by atoms with Gasteiger partial charge >= 0.3 is 23.9 Å². The maximum atomic E-state index is 14.2. The zero-order chi connectivity index (χ0) is 64.8. The predicted octanol–water partition coefficient (Wildman–Crippen LogP) is 14.8. The second kappa shape index (κ2) is 28.3. The molecule has 468 valence electrons. The lowest BCUT2D eigenvalue weighted by Crippen LogP contribution is -2.31.